The maximum atomic E-state index is 9.30. The minimum Gasteiger partial charge on any atom is -0.394 e. The van der Waals surface area contributed by atoms with Gasteiger partial charge in [0, 0.05) is 13.2 Å². The smallest absolute Gasteiger partial charge is 0.143 e. The van der Waals surface area contributed by atoms with Gasteiger partial charge in [-0.05, 0) is 48.3 Å². The highest BCUT2D eigenvalue weighted by Crippen LogP contribution is 2.29. The summed E-state index contributed by atoms with van der Waals surface area (Å²) in [5, 5.41) is 9.30. The number of nitrogens with zero attached hydrogens (tertiary/aromatic N) is 2. The van der Waals surface area contributed by atoms with Crippen molar-refractivity contribution in [1.29, 1.82) is 0 Å². The number of halogens is 1. The third-order valence-electron chi connectivity index (χ3n) is 2.68. The van der Waals surface area contributed by atoms with Crippen molar-refractivity contribution in [3.8, 4) is 0 Å². The Kier molecular flexibility index (Phi) is 3.73. The summed E-state index contributed by atoms with van der Waals surface area (Å²) in [4.78, 5) is 6.30. The highest BCUT2D eigenvalue weighted by molar-refractivity contribution is 9.10. The van der Waals surface area contributed by atoms with Gasteiger partial charge >= 0.3 is 0 Å². The number of aryl methyl sites for hydroxylation is 1. The summed E-state index contributed by atoms with van der Waals surface area (Å²) < 4.78 is 0.981. The van der Waals surface area contributed by atoms with Crippen LogP contribution in [-0.4, -0.2) is 29.3 Å². The van der Waals surface area contributed by atoms with Gasteiger partial charge in [-0.25, -0.2) is 4.98 Å². The Morgan fingerprint density at radius 1 is 1.53 bits per heavy atom. The molecule has 0 radical (unpaired) electrons. The molecule has 0 saturated heterocycles. The fourth-order valence-corrected chi connectivity index (χ4v) is 1.65. The fourth-order valence-electron chi connectivity index (χ4n) is 1.15. The van der Waals surface area contributed by atoms with E-state index in [-0.39, 0.29) is 12.1 Å². The van der Waals surface area contributed by atoms with Gasteiger partial charge in [-0.15, -0.1) is 0 Å². The summed E-state index contributed by atoms with van der Waals surface area (Å²) in [6, 6.07) is 1.95. The molecule has 1 rings (SSSR count). The molecule has 0 atom stereocenters. The van der Waals surface area contributed by atoms with Crippen LogP contribution in [0.2, 0.25) is 0 Å². The van der Waals surface area contributed by atoms with E-state index in [1.165, 1.54) is 0 Å². The Morgan fingerprint density at radius 3 is 2.67 bits per heavy atom. The van der Waals surface area contributed by atoms with E-state index in [1.807, 2.05) is 38.8 Å². The lowest BCUT2D eigenvalue weighted by atomic mass is 10.1. The van der Waals surface area contributed by atoms with Gasteiger partial charge in [-0.1, -0.05) is 0 Å². The van der Waals surface area contributed by atoms with Crippen LogP contribution >= 0.6 is 15.9 Å². The van der Waals surface area contributed by atoms with Crippen LogP contribution < -0.4 is 4.90 Å². The lowest BCUT2D eigenvalue weighted by molar-refractivity contribution is 0.215. The van der Waals surface area contributed by atoms with Gasteiger partial charge in [0.25, 0.3) is 0 Å². The average molecular weight is 273 g/mol. The number of hydrogen-bond acceptors (Lipinski definition) is 3. The van der Waals surface area contributed by atoms with Crippen LogP contribution in [0.4, 0.5) is 5.82 Å². The van der Waals surface area contributed by atoms with E-state index in [0.717, 1.165) is 15.9 Å². The molecule has 1 aromatic heterocycles. The largest absolute Gasteiger partial charge is 0.394 e. The Morgan fingerprint density at radius 2 is 2.13 bits per heavy atom. The first-order valence-electron chi connectivity index (χ1n) is 4.86. The molecule has 3 nitrogen and oxygen atoms in total. The maximum absolute atomic E-state index is 9.30. The van der Waals surface area contributed by atoms with Crippen molar-refractivity contribution in [3.05, 3.63) is 22.3 Å². The number of aromatic nitrogens is 1. The van der Waals surface area contributed by atoms with Crippen LogP contribution in [-0.2, 0) is 0 Å². The standard InChI is InChI=1S/C11H17BrN2O/c1-8-5-6-13-10(9(8)12)14(4)11(2,3)7-15/h5-6,15H,7H2,1-4H3. The van der Waals surface area contributed by atoms with Crippen LogP contribution in [0, 0.1) is 6.92 Å². The summed E-state index contributed by atoms with van der Waals surface area (Å²) in [5.41, 5.74) is 0.823. The van der Waals surface area contributed by atoms with Crippen molar-refractivity contribution >= 4 is 21.7 Å². The van der Waals surface area contributed by atoms with Gasteiger partial charge < -0.3 is 10.0 Å². The molecule has 1 heterocycles. The second-order valence-electron chi connectivity index (χ2n) is 4.30. The average Bonchev–Trinajstić information content (AvgIpc) is 2.21. The minimum absolute atomic E-state index is 0.0889. The third-order valence-corrected chi connectivity index (χ3v) is 3.66. The Labute approximate surface area is 99.3 Å². The van der Waals surface area contributed by atoms with Gasteiger partial charge in [-0.3, -0.25) is 0 Å². The van der Waals surface area contributed by atoms with Crippen LogP contribution in [0.3, 0.4) is 0 Å². The van der Waals surface area contributed by atoms with Crippen molar-refractivity contribution in [3.63, 3.8) is 0 Å². The molecule has 15 heavy (non-hydrogen) atoms. The van der Waals surface area contributed by atoms with Crippen molar-refractivity contribution in [1.82, 2.24) is 4.98 Å². The van der Waals surface area contributed by atoms with Gasteiger partial charge in [0.2, 0.25) is 0 Å². The molecule has 0 aliphatic carbocycles. The number of pyridine rings is 1. The van der Waals surface area contributed by atoms with Gasteiger partial charge in [0.15, 0.2) is 0 Å². The molecule has 0 saturated carbocycles. The normalized spacial score (nSPS) is 11.6. The number of likely N-dealkylation sites (N-methyl/N-ethyl adjacent to an activating group) is 1. The van der Waals surface area contributed by atoms with Crippen LogP contribution in [0.1, 0.15) is 19.4 Å². The monoisotopic (exact) mass is 272 g/mol. The van der Waals surface area contributed by atoms with Crippen molar-refractivity contribution in [2.75, 3.05) is 18.6 Å². The SMILES string of the molecule is Cc1ccnc(N(C)C(C)(C)CO)c1Br. The van der Waals surface area contributed by atoms with Gasteiger partial charge in [0.1, 0.15) is 5.82 Å². The van der Waals surface area contributed by atoms with Gasteiger partial charge in [0.05, 0.1) is 16.6 Å². The van der Waals surface area contributed by atoms with Crippen LogP contribution in [0.5, 0.6) is 0 Å². The second-order valence-corrected chi connectivity index (χ2v) is 5.09. The molecule has 1 aromatic rings. The molecule has 0 fully saturated rings. The lowest BCUT2D eigenvalue weighted by Gasteiger charge is -2.35. The zero-order valence-electron chi connectivity index (χ0n) is 9.58. The van der Waals surface area contributed by atoms with E-state index in [4.69, 9.17) is 0 Å². The van der Waals surface area contributed by atoms with Crippen molar-refractivity contribution in [2.24, 2.45) is 0 Å². The molecule has 4 heteroatoms. The fraction of sp³-hybridized carbons (Fsp3) is 0.545. The Bertz CT molecular complexity index is 352. The third kappa shape index (κ3) is 2.49. The first-order valence-corrected chi connectivity index (χ1v) is 5.65. The van der Waals surface area contributed by atoms with E-state index in [1.54, 1.807) is 6.20 Å². The molecule has 0 bridgehead atoms. The highest BCUT2D eigenvalue weighted by Gasteiger charge is 2.25. The summed E-state index contributed by atoms with van der Waals surface area (Å²) in [6.07, 6.45) is 1.78. The Balaban J connectivity index is 3.12. The van der Waals surface area contributed by atoms with Crippen LogP contribution in [0.25, 0.3) is 0 Å². The first kappa shape index (κ1) is 12.5. The lowest BCUT2D eigenvalue weighted by Crippen LogP contribution is -2.45. The van der Waals surface area contributed by atoms with E-state index < -0.39 is 0 Å². The summed E-state index contributed by atoms with van der Waals surface area (Å²) >= 11 is 3.52. The predicted molar refractivity (Wildman–Crippen MR) is 66.2 cm³/mol. The molecule has 1 N–H and O–H groups in total. The maximum Gasteiger partial charge on any atom is 0.143 e. The molecule has 0 spiro atoms. The molecule has 84 valence electrons. The van der Waals surface area contributed by atoms with E-state index in [0.29, 0.717) is 0 Å². The summed E-state index contributed by atoms with van der Waals surface area (Å²) in [5.74, 6) is 0.856. The van der Waals surface area contributed by atoms with E-state index in [2.05, 4.69) is 20.9 Å². The minimum atomic E-state index is -0.316. The zero-order chi connectivity index (χ0) is 11.6. The highest BCUT2D eigenvalue weighted by atomic mass is 79.9. The molecule has 0 unspecified atom stereocenters. The predicted octanol–water partition coefficient (Wildman–Crippen LogP) is 2.36. The molecule has 0 aromatic carbocycles. The molecule has 0 aliphatic heterocycles. The molecule has 0 amide bonds. The zero-order valence-corrected chi connectivity index (χ0v) is 11.2. The number of rotatable bonds is 3. The van der Waals surface area contributed by atoms with Crippen molar-refractivity contribution < 1.29 is 5.11 Å². The summed E-state index contributed by atoms with van der Waals surface area (Å²) in [7, 11) is 1.93. The van der Waals surface area contributed by atoms with Gasteiger partial charge in [-0.2, -0.15) is 0 Å². The quantitative estimate of drug-likeness (QED) is 0.918. The Hall–Kier alpha value is -0.610. The number of aliphatic hydroxyl groups excluding tert-OH is 1. The van der Waals surface area contributed by atoms with E-state index in [9.17, 15) is 5.11 Å². The van der Waals surface area contributed by atoms with E-state index >= 15 is 0 Å². The first-order chi connectivity index (χ1) is 6.90. The summed E-state index contributed by atoms with van der Waals surface area (Å²) in [6.45, 7) is 6.06. The number of aliphatic hydroxyl groups is 1. The second kappa shape index (κ2) is 4.49. The topological polar surface area (TPSA) is 36.4 Å². The molecular weight excluding hydrogens is 256 g/mol. The molecule has 0 aliphatic rings. The van der Waals surface area contributed by atoms with Crippen molar-refractivity contribution in [2.45, 2.75) is 26.3 Å². The van der Waals surface area contributed by atoms with Crippen LogP contribution in [0.15, 0.2) is 16.7 Å². The number of anilines is 1. The number of hydrogen-bond donors (Lipinski definition) is 1. The molecular formula is C11H17BrN2O.